The Kier molecular flexibility index (Phi) is 6.00. The Bertz CT molecular complexity index is 1590. The highest BCUT2D eigenvalue weighted by Crippen LogP contribution is 2.35. The smallest absolute Gasteiger partial charge is 0.343 e. The summed E-state index contributed by atoms with van der Waals surface area (Å²) in [7, 11) is 0. The number of fused-ring (bicyclic) bond motifs is 1. The molecule has 0 saturated carbocycles. The molecule has 178 valence electrons. The Morgan fingerprint density at radius 2 is 1.50 bits per heavy atom. The molecule has 0 aliphatic heterocycles. The molecule has 1 N–H and O–H groups in total. The van der Waals surface area contributed by atoms with E-state index >= 15 is 0 Å². The average Bonchev–Trinajstić information content (AvgIpc) is 3.28. The van der Waals surface area contributed by atoms with Crippen LogP contribution >= 0.6 is 0 Å². The van der Waals surface area contributed by atoms with Gasteiger partial charge in [-0.05, 0) is 91.3 Å². The van der Waals surface area contributed by atoms with Crippen molar-refractivity contribution in [3.8, 4) is 17.2 Å². The van der Waals surface area contributed by atoms with E-state index < -0.39 is 23.5 Å². The average molecular weight is 484 g/mol. The van der Waals surface area contributed by atoms with E-state index in [1.165, 1.54) is 42.5 Å². The summed E-state index contributed by atoms with van der Waals surface area (Å²) in [4.78, 5) is 29.8. The van der Waals surface area contributed by atoms with Gasteiger partial charge in [-0.15, -0.1) is 0 Å². The van der Waals surface area contributed by atoms with E-state index in [0.29, 0.717) is 22.4 Å². The van der Waals surface area contributed by atoms with E-state index in [2.05, 4.69) is 10.3 Å². The number of carbonyl (C=O) groups is 2. The molecule has 36 heavy (non-hydrogen) atoms. The molecule has 0 bridgehead atoms. The molecule has 0 atom stereocenters. The molecule has 8 heteroatoms. The maximum Gasteiger partial charge on any atom is 0.343 e. The van der Waals surface area contributed by atoms with Gasteiger partial charge in [0.25, 0.3) is 5.91 Å². The Balaban J connectivity index is 1.51. The first-order chi connectivity index (χ1) is 17.4. The zero-order valence-corrected chi connectivity index (χ0v) is 18.9. The zero-order valence-electron chi connectivity index (χ0n) is 18.9. The van der Waals surface area contributed by atoms with Gasteiger partial charge in [-0.3, -0.25) is 4.79 Å². The van der Waals surface area contributed by atoms with Gasteiger partial charge in [0.2, 0.25) is 5.89 Å². The Morgan fingerprint density at radius 3 is 2.19 bits per heavy atom. The fourth-order valence-electron chi connectivity index (χ4n) is 3.56. The number of anilines is 1. The van der Waals surface area contributed by atoms with Crippen LogP contribution < -0.4 is 10.1 Å². The van der Waals surface area contributed by atoms with Crippen LogP contribution in [0.4, 0.5) is 14.5 Å². The highest BCUT2D eigenvalue weighted by Gasteiger charge is 2.19. The van der Waals surface area contributed by atoms with Crippen LogP contribution in [-0.2, 0) is 0 Å². The fraction of sp³-hybridized carbons (Fsp3) is 0.0357. The summed E-state index contributed by atoms with van der Waals surface area (Å²) in [6.45, 7) is 1.92. The van der Waals surface area contributed by atoms with Gasteiger partial charge in [0, 0.05) is 11.3 Å². The van der Waals surface area contributed by atoms with Gasteiger partial charge in [-0.2, -0.15) is 0 Å². The number of carbonyl (C=O) groups excluding carboxylic acids is 2. The molecular formula is C28H18F2N2O4. The van der Waals surface area contributed by atoms with Crippen molar-refractivity contribution < 1.29 is 27.5 Å². The lowest BCUT2D eigenvalue weighted by Crippen LogP contribution is -2.12. The molecule has 6 nitrogen and oxygen atoms in total. The Hall–Kier alpha value is -4.85. The standard InChI is InChI=1S/C28H18F2N2O4/c1-16-2-12-23-25(14-16)35-27(32-23)22-15-21(31-26(33)17-3-7-19(29)8-4-17)11-13-24(22)36-28(34)18-5-9-20(30)10-6-18/h2-15H,1H3,(H,31,33). The molecule has 0 spiro atoms. The van der Waals surface area contributed by atoms with Crippen molar-refractivity contribution in [2.24, 2.45) is 0 Å². The summed E-state index contributed by atoms with van der Waals surface area (Å²) in [5.74, 6) is -1.78. The van der Waals surface area contributed by atoms with Gasteiger partial charge in [0.15, 0.2) is 5.58 Å². The van der Waals surface area contributed by atoms with Crippen LogP contribution in [0.5, 0.6) is 5.75 Å². The Morgan fingerprint density at radius 1 is 0.833 bits per heavy atom. The van der Waals surface area contributed by atoms with Crippen molar-refractivity contribution in [2.75, 3.05) is 5.32 Å². The number of rotatable bonds is 5. The number of hydrogen-bond donors (Lipinski definition) is 1. The van der Waals surface area contributed by atoms with Crippen LogP contribution in [0.1, 0.15) is 26.3 Å². The number of esters is 1. The zero-order chi connectivity index (χ0) is 25.2. The van der Waals surface area contributed by atoms with Crippen LogP contribution in [0.25, 0.3) is 22.6 Å². The lowest BCUT2D eigenvalue weighted by Gasteiger charge is -2.11. The monoisotopic (exact) mass is 484 g/mol. The second kappa shape index (κ2) is 9.42. The molecule has 4 aromatic carbocycles. The first kappa shape index (κ1) is 22.9. The van der Waals surface area contributed by atoms with Gasteiger partial charge in [-0.25, -0.2) is 18.6 Å². The second-order valence-corrected chi connectivity index (χ2v) is 8.06. The number of amides is 1. The summed E-state index contributed by atoms with van der Waals surface area (Å²) in [5.41, 5.74) is 3.24. The van der Waals surface area contributed by atoms with E-state index in [4.69, 9.17) is 9.15 Å². The van der Waals surface area contributed by atoms with Crippen molar-refractivity contribution in [3.63, 3.8) is 0 Å². The second-order valence-electron chi connectivity index (χ2n) is 8.06. The molecule has 5 aromatic rings. The summed E-state index contributed by atoms with van der Waals surface area (Å²) in [6, 6.07) is 20.2. The molecule has 0 aliphatic carbocycles. The summed E-state index contributed by atoms with van der Waals surface area (Å²) in [5, 5.41) is 2.74. The van der Waals surface area contributed by atoms with Crippen LogP contribution in [0, 0.1) is 18.6 Å². The number of ether oxygens (including phenoxy) is 1. The molecule has 1 aromatic heterocycles. The van der Waals surface area contributed by atoms with Crippen LogP contribution in [0.15, 0.2) is 89.3 Å². The van der Waals surface area contributed by atoms with Crippen molar-refractivity contribution in [1.29, 1.82) is 0 Å². The predicted octanol–water partition coefficient (Wildman–Crippen LogP) is 6.55. The van der Waals surface area contributed by atoms with E-state index in [1.807, 2.05) is 25.1 Å². The third-order valence-electron chi connectivity index (χ3n) is 5.40. The maximum atomic E-state index is 13.3. The van der Waals surface area contributed by atoms with E-state index in [1.54, 1.807) is 12.1 Å². The number of nitrogens with zero attached hydrogens (tertiary/aromatic N) is 1. The molecule has 5 rings (SSSR count). The van der Waals surface area contributed by atoms with Crippen molar-refractivity contribution >= 4 is 28.7 Å². The quantitative estimate of drug-likeness (QED) is 0.226. The predicted molar refractivity (Wildman–Crippen MR) is 130 cm³/mol. The van der Waals surface area contributed by atoms with Gasteiger partial charge >= 0.3 is 5.97 Å². The number of benzene rings is 4. The van der Waals surface area contributed by atoms with Crippen molar-refractivity contribution in [2.45, 2.75) is 6.92 Å². The minimum Gasteiger partial charge on any atom is -0.436 e. The van der Waals surface area contributed by atoms with E-state index in [9.17, 15) is 18.4 Å². The summed E-state index contributed by atoms with van der Waals surface area (Å²) < 4.78 is 38.0. The van der Waals surface area contributed by atoms with Gasteiger partial charge in [-0.1, -0.05) is 6.07 Å². The minimum atomic E-state index is -0.702. The first-order valence-electron chi connectivity index (χ1n) is 10.9. The topological polar surface area (TPSA) is 81.4 Å². The van der Waals surface area contributed by atoms with Crippen LogP contribution in [0.2, 0.25) is 0 Å². The highest BCUT2D eigenvalue weighted by molar-refractivity contribution is 6.04. The molecular weight excluding hydrogens is 466 g/mol. The summed E-state index contributed by atoms with van der Waals surface area (Å²) >= 11 is 0. The van der Waals surface area contributed by atoms with Gasteiger partial charge in [0.1, 0.15) is 22.9 Å². The number of oxazole rings is 1. The molecule has 0 aliphatic rings. The third kappa shape index (κ3) is 4.83. The lowest BCUT2D eigenvalue weighted by molar-refractivity contribution is 0.0735. The molecule has 0 saturated heterocycles. The van der Waals surface area contributed by atoms with Crippen molar-refractivity contribution in [1.82, 2.24) is 4.98 Å². The van der Waals surface area contributed by atoms with Crippen LogP contribution in [-0.4, -0.2) is 16.9 Å². The van der Waals surface area contributed by atoms with Gasteiger partial charge < -0.3 is 14.5 Å². The number of hydrogen-bond acceptors (Lipinski definition) is 5. The lowest BCUT2D eigenvalue weighted by atomic mass is 10.1. The Labute approximate surface area is 204 Å². The minimum absolute atomic E-state index is 0.132. The third-order valence-corrected chi connectivity index (χ3v) is 5.40. The number of nitrogens with one attached hydrogen (secondary N) is 1. The SMILES string of the molecule is Cc1ccc2nc(-c3cc(NC(=O)c4ccc(F)cc4)ccc3OC(=O)c3ccc(F)cc3)oc2c1. The van der Waals surface area contributed by atoms with Gasteiger partial charge in [0.05, 0.1) is 11.1 Å². The number of aryl methyl sites for hydroxylation is 1. The molecule has 1 amide bonds. The highest BCUT2D eigenvalue weighted by atomic mass is 19.1. The van der Waals surface area contributed by atoms with Crippen molar-refractivity contribution in [3.05, 3.63) is 113 Å². The maximum absolute atomic E-state index is 13.3. The first-order valence-corrected chi connectivity index (χ1v) is 10.9. The number of halogens is 2. The fourth-order valence-corrected chi connectivity index (χ4v) is 3.56. The molecule has 1 heterocycles. The molecule has 0 radical (unpaired) electrons. The summed E-state index contributed by atoms with van der Waals surface area (Å²) in [6.07, 6.45) is 0. The number of aromatic nitrogens is 1. The van der Waals surface area contributed by atoms with Crippen LogP contribution in [0.3, 0.4) is 0 Å². The van der Waals surface area contributed by atoms with E-state index in [0.717, 1.165) is 17.7 Å². The normalized spacial score (nSPS) is 10.9. The van der Waals surface area contributed by atoms with E-state index in [-0.39, 0.29) is 22.8 Å². The molecule has 0 unspecified atom stereocenters. The largest absolute Gasteiger partial charge is 0.436 e. The molecule has 0 fully saturated rings.